The summed E-state index contributed by atoms with van der Waals surface area (Å²) in [4.78, 5) is 0. The Labute approximate surface area is 120 Å². The number of aromatic nitrogens is 3. The summed E-state index contributed by atoms with van der Waals surface area (Å²) < 4.78 is 48.7. The molecule has 0 spiro atoms. The first-order valence-electron chi connectivity index (χ1n) is 5.64. The first-order chi connectivity index (χ1) is 9.95. The molecule has 1 aromatic carbocycles. The van der Waals surface area contributed by atoms with Crippen molar-refractivity contribution in [2.45, 2.75) is 6.18 Å². The Bertz CT molecular complexity index is 766. The quantitative estimate of drug-likeness (QED) is 0.683. The van der Waals surface area contributed by atoms with Crippen LogP contribution in [-0.4, -0.2) is 27.9 Å². The lowest BCUT2D eigenvalue weighted by Gasteiger charge is -2.04. The Morgan fingerprint density at radius 2 is 2.10 bits per heavy atom. The van der Waals surface area contributed by atoms with E-state index in [1.54, 1.807) is 18.2 Å². The predicted octanol–water partition coefficient (Wildman–Crippen LogP) is 2.57. The normalized spacial score (nSPS) is 14.0. The number of alkyl halides is 3. The molecule has 2 aromatic rings. The molecule has 0 amide bonds. The Hall–Kier alpha value is -2.36. The number of benzene rings is 1. The van der Waals surface area contributed by atoms with Crippen molar-refractivity contribution >= 4 is 18.4 Å². The van der Waals surface area contributed by atoms with E-state index in [0.717, 1.165) is 0 Å². The summed E-state index contributed by atoms with van der Waals surface area (Å²) in [5, 5.41) is 8.88. The summed E-state index contributed by atoms with van der Waals surface area (Å²) in [5.74, 6) is -0.140. The van der Waals surface area contributed by atoms with Gasteiger partial charge in [0.15, 0.2) is 11.5 Å². The maximum absolute atomic E-state index is 12.7. The molecule has 0 bridgehead atoms. The number of hydrogen-bond donors (Lipinski definition) is 1. The van der Waals surface area contributed by atoms with Crippen molar-refractivity contribution in [2.24, 2.45) is 5.10 Å². The minimum atomic E-state index is -4.65. The molecule has 0 saturated carbocycles. The van der Waals surface area contributed by atoms with Gasteiger partial charge in [0.25, 0.3) is 5.82 Å². The minimum Gasteiger partial charge on any atom is -0.454 e. The van der Waals surface area contributed by atoms with Crippen LogP contribution < -0.4 is 9.47 Å². The number of H-pyrrole nitrogens is 1. The number of nitrogens with one attached hydrogen (secondary N) is 1. The van der Waals surface area contributed by atoms with Crippen molar-refractivity contribution in [3.05, 3.63) is 34.4 Å². The lowest BCUT2D eigenvalue weighted by atomic mass is 10.2. The van der Waals surface area contributed by atoms with Crippen LogP contribution in [0.25, 0.3) is 0 Å². The largest absolute Gasteiger partial charge is 0.454 e. The number of halogens is 3. The number of aromatic amines is 1. The van der Waals surface area contributed by atoms with E-state index in [2.05, 4.69) is 15.3 Å². The molecule has 110 valence electrons. The SMILES string of the molecule is FC(F)(F)c1n[nH]c(=S)n1N=Cc1ccc2c(c1)OCO2. The third-order valence-electron chi connectivity index (χ3n) is 2.62. The third-order valence-corrected chi connectivity index (χ3v) is 2.89. The highest BCUT2D eigenvalue weighted by atomic mass is 32.1. The summed E-state index contributed by atoms with van der Waals surface area (Å²) in [6.45, 7) is 0.112. The van der Waals surface area contributed by atoms with Gasteiger partial charge in [0.2, 0.25) is 11.6 Å². The molecule has 21 heavy (non-hydrogen) atoms. The fourth-order valence-corrected chi connectivity index (χ4v) is 1.88. The highest BCUT2D eigenvalue weighted by Gasteiger charge is 2.37. The van der Waals surface area contributed by atoms with Crippen LogP contribution in [0.1, 0.15) is 11.4 Å². The molecule has 1 aliphatic heterocycles. The van der Waals surface area contributed by atoms with Crippen molar-refractivity contribution in [1.82, 2.24) is 14.9 Å². The number of fused-ring (bicyclic) bond motifs is 1. The van der Waals surface area contributed by atoms with Crippen LogP contribution in [-0.2, 0) is 6.18 Å². The van der Waals surface area contributed by atoms with Crippen LogP contribution in [0.2, 0.25) is 0 Å². The molecule has 0 saturated heterocycles. The second kappa shape index (κ2) is 4.88. The Balaban J connectivity index is 1.94. The van der Waals surface area contributed by atoms with Crippen molar-refractivity contribution in [3.8, 4) is 11.5 Å². The van der Waals surface area contributed by atoms with Gasteiger partial charge in [-0.3, -0.25) is 0 Å². The van der Waals surface area contributed by atoms with E-state index in [1.165, 1.54) is 6.21 Å². The molecule has 10 heteroatoms. The van der Waals surface area contributed by atoms with E-state index in [9.17, 15) is 13.2 Å². The fraction of sp³-hybridized carbons (Fsp3) is 0.182. The topological polar surface area (TPSA) is 64.4 Å². The monoisotopic (exact) mass is 316 g/mol. The molecule has 1 aromatic heterocycles. The maximum Gasteiger partial charge on any atom is 0.453 e. The van der Waals surface area contributed by atoms with E-state index < -0.39 is 12.0 Å². The molecule has 0 atom stereocenters. The van der Waals surface area contributed by atoms with Crippen LogP contribution in [0.5, 0.6) is 11.5 Å². The second-order valence-corrected chi connectivity index (χ2v) is 4.41. The van der Waals surface area contributed by atoms with E-state index in [4.69, 9.17) is 21.7 Å². The molecule has 0 fully saturated rings. The van der Waals surface area contributed by atoms with Crippen molar-refractivity contribution in [3.63, 3.8) is 0 Å². The Kier molecular flexibility index (Phi) is 3.16. The molecule has 2 heterocycles. The van der Waals surface area contributed by atoms with Crippen molar-refractivity contribution in [2.75, 3.05) is 6.79 Å². The van der Waals surface area contributed by atoms with Gasteiger partial charge >= 0.3 is 6.18 Å². The van der Waals surface area contributed by atoms with Gasteiger partial charge in [0.1, 0.15) is 0 Å². The highest BCUT2D eigenvalue weighted by Crippen LogP contribution is 2.32. The summed E-state index contributed by atoms with van der Waals surface area (Å²) in [7, 11) is 0. The van der Waals surface area contributed by atoms with Gasteiger partial charge in [-0.1, -0.05) is 0 Å². The summed E-state index contributed by atoms with van der Waals surface area (Å²) in [6, 6.07) is 4.87. The summed E-state index contributed by atoms with van der Waals surface area (Å²) >= 11 is 4.72. The van der Waals surface area contributed by atoms with Crippen molar-refractivity contribution < 1.29 is 22.6 Å². The van der Waals surface area contributed by atoms with E-state index >= 15 is 0 Å². The molecular weight excluding hydrogens is 309 g/mol. The molecule has 1 aliphatic rings. The number of rotatable bonds is 2. The number of hydrogen-bond acceptors (Lipinski definition) is 5. The first kappa shape index (κ1) is 13.6. The molecular formula is C11H7F3N4O2S. The standard InChI is InChI=1S/C11H7F3N4O2S/c12-11(13,14)9-16-17-10(21)18(9)15-4-6-1-2-7-8(3-6)20-5-19-7/h1-4H,5H2,(H,17,21). The summed E-state index contributed by atoms with van der Waals surface area (Å²) in [6.07, 6.45) is -3.43. The van der Waals surface area contributed by atoms with E-state index in [0.29, 0.717) is 21.7 Å². The molecule has 3 rings (SSSR count). The highest BCUT2D eigenvalue weighted by molar-refractivity contribution is 7.71. The van der Waals surface area contributed by atoms with Gasteiger partial charge in [-0.05, 0) is 36.0 Å². The molecule has 6 nitrogen and oxygen atoms in total. The molecule has 0 aliphatic carbocycles. The van der Waals surface area contributed by atoms with Crippen LogP contribution in [0.15, 0.2) is 23.3 Å². The zero-order valence-corrected chi connectivity index (χ0v) is 11.0. The molecule has 1 N–H and O–H groups in total. The smallest absolute Gasteiger partial charge is 0.453 e. The lowest BCUT2D eigenvalue weighted by molar-refractivity contribution is -0.147. The second-order valence-electron chi connectivity index (χ2n) is 4.02. The van der Waals surface area contributed by atoms with Crippen molar-refractivity contribution in [1.29, 1.82) is 0 Å². The van der Waals surface area contributed by atoms with Crippen LogP contribution in [0, 0.1) is 4.77 Å². The van der Waals surface area contributed by atoms with Gasteiger partial charge in [0.05, 0.1) is 6.21 Å². The lowest BCUT2D eigenvalue weighted by Crippen LogP contribution is -2.12. The Morgan fingerprint density at radius 1 is 1.33 bits per heavy atom. The molecule has 0 unspecified atom stereocenters. The van der Waals surface area contributed by atoms with Crippen LogP contribution in [0.3, 0.4) is 0 Å². The van der Waals surface area contributed by atoms with Crippen LogP contribution in [0.4, 0.5) is 13.2 Å². The number of ether oxygens (including phenoxy) is 2. The Morgan fingerprint density at radius 3 is 2.86 bits per heavy atom. The zero-order chi connectivity index (χ0) is 15.0. The minimum absolute atomic E-state index is 0.112. The summed E-state index contributed by atoms with van der Waals surface area (Å²) in [5.41, 5.74) is 0.537. The van der Waals surface area contributed by atoms with Gasteiger partial charge in [0, 0.05) is 0 Å². The number of nitrogens with zero attached hydrogens (tertiary/aromatic N) is 3. The fourth-order valence-electron chi connectivity index (χ4n) is 1.70. The van der Waals surface area contributed by atoms with Gasteiger partial charge < -0.3 is 9.47 Å². The molecule has 0 radical (unpaired) electrons. The third kappa shape index (κ3) is 2.61. The van der Waals surface area contributed by atoms with Gasteiger partial charge in [-0.15, -0.1) is 5.10 Å². The van der Waals surface area contributed by atoms with E-state index in [-0.39, 0.29) is 11.6 Å². The first-order valence-corrected chi connectivity index (χ1v) is 6.04. The average molecular weight is 316 g/mol. The van der Waals surface area contributed by atoms with Gasteiger partial charge in [-0.25, -0.2) is 5.10 Å². The average Bonchev–Trinajstić information content (AvgIpc) is 3.01. The zero-order valence-electron chi connectivity index (χ0n) is 10.2. The van der Waals surface area contributed by atoms with E-state index in [1.807, 2.05) is 0 Å². The van der Waals surface area contributed by atoms with Crippen LogP contribution >= 0.6 is 12.2 Å². The van der Waals surface area contributed by atoms with Gasteiger partial charge in [-0.2, -0.15) is 22.9 Å². The maximum atomic E-state index is 12.7. The predicted molar refractivity (Wildman–Crippen MR) is 68.0 cm³/mol.